The third-order valence-electron chi connectivity index (χ3n) is 2.98. The van der Waals surface area contributed by atoms with Crippen molar-refractivity contribution in [2.75, 3.05) is 6.61 Å². The Morgan fingerprint density at radius 2 is 1.86 bits per heavy atom. The zero-order valence-electron chi connectivity index (χ0n) is 12.7. The molecule has 0 aliphatic carbocycles. The molecule has 0 atom stereocenters. The van der Waals surface area contributed by atoms with Crippen molar-refractivity contribution in [1.29, 1.82) is 0 Å². The fraction of sp³-hybridized carbons (Fsp3) is 0.250. The van der Waals surface area contributed by atoms with Crippen molar-refractivity contribution in [2.24, 2.45) is 0 Å². The van der Waals surface area contributed by atoms with E-state index in [9.17, 15) is 9.59 Å². The van der Waals surface area contributed by atoms with Crippen molar-refractivity contribution in [3.63, 3.8) is 0 Å². The summed E-state index contributed by atoms with van der Waals surface area (Å²) in [7, 11) is 0. The van der Waals surface area contributed by atoms with Crippen LogP contribution in [0.3, 0.4) is 0 Å². The van der Waals surface area contributed by atoms with E-state index >= 15 is 0 Å². The Morgan fingerprint density at radius 1 is 1.09 bits per heavy atom. The molecule has 0 unspecified atom stereocenters. The second kappa shape index (κ2) is 7.09. The average Bonchev–Trinajstić information content (AvgIpc) is 2.92. The van der Waals surface area contributed by atoms with Gasteiger partial charge < -0.3 is 4.74 Å². The maximum absolute atomic E-state index is 11.8. The first-order valence-corrected chi connectivity index (χ1v) is 7.63. The molecule has 0 fully saturated rings. The highest BCUT2D eigenvalue weighted by molar-refractivity contribution is 7.13. The van der Waals surface area contributed by atoms with Crippen molar-refractivity contribution < 1.29 is 14.3 Å². The Labute approximate surface area is 133 Å². The van der Waals surface area contributed by atoms with Gasteiger partial charge in [0, 0.05) is 4.88 Å². The van der Waals surface area contributed by atoms with Gasteiger partial charge in [0.2, 0.25) is 0 Å². The number of hydrazine groups is 1. The van der Waals surface area contributed by atoms with Crippen LogP contribution in [-0.2, 0) is 4.79 Å². The van der Waals surface area contributed by atoms with Crippen molar-refractivity contribution in [2.45, 2.75) is 20.8 Å². The van der Waals surface area contributed by atoms with Crippen LogP contribution >= 0.6 is 11.3 Å². The number of hydrogen-bond donors (Lipinski definition) is 2. The van der Waals surface area contributed by atoms with E-state index < -0.39 is 5.91 Å². The SMILES string of the molecule is Cc1ccc(C)c(OCC(=O)NNC(=O)c2ccc(C)s2)c1. The lowest BCUT2D eigenvalue weighted by atomic mass is 10.1. The highest BCUT2D eigenvalue weighted by Gasteiger charge is 2.10. The minimum absolute atomic E-state index is 0.159. The number of ether oxygens (including phenoxy) is 1. The van der Waals surface area contributed by atoms with E-state index in [1.54, 1.807) is 6.07 Å². The second-order valence-corrected chi connectivity index (χ2v) is 6.26. The van der Waals surface area contributed by atoms with Gasteiger partial charge >= 0.3 is 0 Å². The number of carbonyl (C=O) groups excluding carboxylic acids is 2. The largest absolute Gasteiger partial charge is 0.483 e. The van der Waals surface area contributed by atoms with Crippen LogP contribution in [0, 0.1) is 20.8 Å². The number of carbonyl (C=O) groups is 2. The quantitative estimate of drug-likeness (QED) is 0.851. The summed E-state index contributed by atoms with van der Waals surface area (Å²) in [5.74, 6) is -0.0870. The van der Waals surface area contributed by atoms with E-state index in [1.165, 1.54) is 11.3 Å². The van der Waals surface area contributed by atoms with E-state index in [2.05, 4.69) is 10.9 Å². The standard InChI is InChI=1S/C16H18N2O3S/c1-10-4-5-11(2)13(8-10)21-9-15(19)17-18-16(20)14-7-6-12(3)22-14/h4-8H,9H2,1-3H3,(H,17,19)(H,18,20). The van der Waals surface area contributed by atoms with Crippen LogP contribution < -0.4 is 15.6 Å². The molecule has 1 aromatic carbocycles. The van der Waals surface area contributed by atoms with Gasteiger partial charge in [-0.05, 0) is 50.1 Å². The molecule has 0 aliphatic rings. The molecule has 1 heterocycles. The highest BCUT2D eigenvalue weighted by Crippen LogP contribution is 2.18. The molecule has 6 heteroatoms. The highest BCUT2D eigenvalue weighted by atomic mass is 32.1. The monoisotopic (exact) mass is 318 g/mol. The van der Waals surface area contributed by atoms with Gasteiger partial charge in [-0.3, -0.25) is 20.4 Å². The van der Waals surface area contributed by atoms with Gasteiger partial charge in [-0.25, -0.2) is 0 Å². The summed E-state index contributed by atoms with van der Waals surface area (Å²) in [6, 6.07) is 9.35. The molecule has 0 bridgehead atoms. The second-order valence-electron chi connectivity index (χ2n) is 4.97. The first-order chi connectivity index (χ1) is 10.5. The third kappa shape index (κ3) is 4.33. The number of amides is 2. The first kappa shape index (κ1) is 16.0. The van der Waals surface area contributed by atoms with Crippen molar-refractivity contribution in [3.8, 4) is 5.75 Å². The fourth-order valence-electron chi connectivity index (χ4n) is 1.79. The maximum Gasteiger partial charge on any atom is 0.279 e. The number of thiophene rings is 1. The third-order valence-corrected chi connectivity index (χ3v) is 3.98. The molecule has 2 rings (SSSR count). The van der Waals surface area contributed by atoms with Gasteiger partial charge in [-0.15, -0.1) is 11.3 Å². The number of hydrogen-bond acceptors (Lipinski definition) is 4. The summed E-state index contributed by atoms with van der Waals surface area (Å²) < 4.78 is 5.46. The molecule has 116 valence electrons. The summed E-state index contributed by atoms with van der Waals surface area (Å²) in [5.41, 5.74) is 6.72. The molecule has 0 spiro atoms. The van der Waals surface area contributed by atoms with Crippen LogP contribution in [0.25, 0.3) is 0 Å². The Balaban J connectivity index is 1.81. The Kier molecular flexibility index (Phi) is 5.16. The van der Waals surface area contributed by atoms with Crippen LogP contribution in [0.2, 0.25) is 0 Å². The lowest BCUT2D eigenvalue weighted by Gasteiger charge is -2.10. The van der Waals surface area contributed by atoms with E-state index in [1.807, 2.05) is 45.0 Å². The minimum Gasteiger partial charge on any atom is -0.483 e. The van der Waals surface area contributed by atoms with Crippen molar-refractivity contribution in [3.05, 3.63) is 51.2 Å². The van der Waals surface area contributed by atoms with Crippen molar-refractivity contribution >= 4 is 23.2 Å². The summed E-state index contributed by atoms with van der Waals surface area (Å²) in [4.78, 5) is 25.1. The van der Waals surface area contributed by atoms with Crippen molar-refractivity contribution in [1.82, 2.24) is 10.9 Å². The predicted octanol–water partition coefficient (Wildman–Crippen LogP) is 2.51. The summed E-state index contributed by atoms with van der Waals surface area (Å²) in [5, 5.41) is 0. The molecule has 0 saturated heterocycles. The minimum atomic E-state index is -0.414. The van der Waals surface area contributed by atoms with Gasteiger partial charge in [0.15, 0.2) is 6.61 Å². The van der Waals surface area contributed by atoms with Gasteiger partial charge in [0.25, 0.3) is 11.8 Å². The molecule has 2 amide bonds. The normalized spacial score (nSPS) is 10.1. The van der Waals surface area contributed by atoms with E-state index in [0.717, 1.165) is 16.0 Å². The summed E-state index contributed by atoms with van der Waals surface area (Å²) in [6.45, 7) is 5.62. The van der Waals surface area contributed by atoms with Gasteiger partial charge in [0.05, 0.1) is 4.88 Å². The van der Waals surface area contributed by atoms with Gasteiger partial charge in [-0.1, -0.05) is 12.1 Å². The molecule has 5 nitrogen and oxygen atoms in total. The molecule has 22 heavy (non-hydrogen) atoms. The smallest absolute Gasteiger partial charge is 0.279 e. The van der Waals surface area contributed by atoms with E-state index in [0.29, 0.717) is 10.6 Å². The zero-order chi connectivity index (χ0) is 16.1. The van der Waals surface area contributed by atoms with Crippen LogP contribution in [0.5, 0.6) is 5.75 Å². The Morgan fingerprint density at radius 3 is 2.55 bits per heavy atom. The van der Waals surface area contributed by atoms with Gasteiger partial charge in [0.1, 0.15) is 5.75 Å². The van der Waals surface area contributed by atoms with E-state index in [4.69, 9.17) is 4.74 Å². The van der Waals surface area contributed by atoms with E-state index in [-0.39, 0.29) is 12.5 Å². The predicted molar refractivity (Wildman–Crippen MR) is 86.1 cm³/mol. The fourth-order valence-corrected chi connectivity index (χ4v) is 2.55. The van der Waals surface area contributed by atoms with Gasteiger partial charge in [-0.2, -0.15) is 0 Å². The molecule has 1 aromatic heterocycles. The Bertz CT molecular complexity index is 694. The lowest BCUT2D eigenvalue weighted by Crippen LogP contribution is -2.43. The summed E-state index contributed by atoms with van der Waals surface area (Å²) >= 11 is 1.37. The Hall–Kier alpha value is -2.34. The lowest BCUT2D eigenvalue weighted by molar-refractivity contribution is -0.123. The number of aryl methyl sites for hydroxylation is 3. The van der Waals surface area contributed by atoms with Crippen LogP contribution in [-0.4, -0.2) is 18.4 Å². The number of rotatable bonds is 4. The summed E-state index contributed by atoms with van der Waals surface area (Å²) in [6.07, 6.45) is 0. The topological polar surface area (TPSA) is 67.4 Å². The average molecular weight is 318 g/mol. The van der Waals surface area contributed by atoms with Crippen LogP contribution in [0.1, 0.15) is 25.7 Å². The van der Waals surface area contributed by atoms with Crippen LogP contribution in [0.15, 0.2) is 30.3 Å². The molecule has 0 saturated carbocycles. The molecule has 0 aliphatic heterocycles. The number of benzene rings is 1. The molecular weight excluding hydrogens is 300 g/mol. The first-order valence-electron chi connectivity index (χ1n) is 6.81. The molecule has 0 radical (unpaired) electrons. The zero-order valence-corrected chi connectivity index (χ0v) is 13.5. The maximum atomic E-state index is 11.8. The molecule has 2 N–H and O–H groups in total. The number of nitrogens with one attached hydrogen (secondary N) is 2. The molecule has 2 aromatic rings. The van der Waals surface area contributed by atoms with Crippen LogP contribution in [0.4, 0.5) is 0 Å². The molecular formula is C16H18N2O3S.